The normalized spacial score (nSPS) is 27.2. The maximum absolute atomic E-state index is 13.6. The van der Waals surface area contributed by atoms with Gasteiger partial charge in [0.1, 0.15) is 5.41 Å². The third kappa shape index (κ3) is 2.00. The highest BCUT2D eigenvalue weighted by molar-refractivity contribution is 9.10. The predicted octanol–water partition coefficient (Wildman–Crippen LogP) is 3.24. The first-order valence-corrected chi connectivity index (χ1v) is 8.42. The fourth-order valence-electron chi connectivity index (χ4n) is 3.73. The number of halogens is 3. The van der Waals surface area contributed by atoms with Gasteiger partial charge >= 0.3 is 0 Å². The summed E-state index contributed by atoms with van der Waals surface area (Å²) in [7, 11) is 0. The van der Waals surface area contributed by atoms with Crippen LogP contribution in [0.5, 0.6) is 0 Å². The van der Waals surface area contributed by atoms with Gasteiger partial charge < -0.3 is 4.90 Å². The molecule has 8 heteroatoms. The van der Waals surface area contributed by atoms with E-state index in [0.29, 0.717) is 24.0 Å². The van der Waals surface area contributed by atoms with Gasteiger partial charge in [-0.3, -0.25) is 4.79 Å². The van der Waals surface area contributed by atoms with Crippen molar-refractivity contribution in [1.29, 1.82) is 5.26 Å². The Morgan fingerprint density at radius 1 is 1.46 bits per heavy atom. The summed E-state index contributed by atoms with van der Waals surface area (Å²) in [5.41, 5.74) is -0.475. The number of aromatic nitrogens is 2. The number of fused-ring (bicyclic) bond motifs is 1. The third-order valence-electron chi connectivity index (χ3n) is 5.02. The largest absolute Gasteiger partial charge is 0.308 e. The Hall–Kier alpha value is -2.01. The molecule has 2 aromatic rings. The van der Waals surface area contributed by atoms with Crippen molar-refractivity contribution in [2.45, 2.75) is 19.3 Å². The predicted molar refractivity (Wildman–Crippen MR) is 85.5 cm³/mol. The van der Waals surface area contributed by atoms with Gasteiger partial charge in [-0.2, -0.15) is 10.4 Å². The van der Waals surface area contributed by atoms with Gasteiger partial charge in [-0.1, -0.05) is 0 Å². The Kier molecular flexibility index (Phi) is 3.39. The molecule has 1 saturated carbocycles. The Morgan fingerprint density at radius 2 is 2.21 bits per heavy atom. The zero-order valence-electron chi connectivity index (χ0n) is 12.5. The molecule has 0 bridgehead atoms. The summed E-state index contributed by atoms with van der Waals surface area (Å²) in [6.07, 6.45) is 1.83. The van der Waals surface area contributed by atoms with Gasteiger partial charge in [0.25, 0.3) is 0 Å². The molecule has 0 aromatic carbocycles. The van der Waals surface area contributed by atoms with Gasteiger partial charge in [-0.15, -0.1) is 0 Å². The van der Waals surface area contributed by atoms with Crippen LogP contribution in [0.2, 0.25) is 0 Å². The number of anilines is 1. The molecule has 1 saturated heterocycles. The molecule has 4 rings (SSSR count). The maximum Gasteiger partial charge on any atom is 0.248 e. The van der Waals surface area contributed by atoms with E-state index >= 15 is 0 Å². The molecule has 3 heterocycles. The minimum Gasteiger partial charge on any atom is -0.308 e. The van der Waals surface area contributed by atoms with Crippen LogP contribution < -0.4 is 4.90 Å². The highest BCUT2D eigenvalue weighted by Crippen LogP contribution is 2.56. The molecule has 2 atom stereocenters. The van der Waals surface area contributed by atoms with E-state index in [4.69, 9.17) is 0 Å². The quantitative estimate of drug-likeness (QED) is 0.802. The summed E-state index contributed by atoms with van der Waals surface area (Å²) < 4.78 is 29.6. The molecule has 0 spiro atoms. The first-order valence-electron chi connectivity index (χ1n) is 7.63. The molecule has 2 aliphatic rings. The number of rotatable bonds is 3. The molecule has 0 radical (unpaired) electrons. The van der Waals surface area contributed by atoms with E-state index in [9.17, 15) is 18.8 Å². The summed E-state index contributed by atoms with van der Waals surface area (Å²) in [4.78, 5) is 14.4. The lowest BCUT2D eigenvalue weighted by Crippen LogP contribution is -2.39. The highest BCUT2D eigenvalue weighted by atomic mass is 79.9. The van der Waals surface area contributed by atoms with E-state index in [1.807, 2.05) is 6.07 Å². The zero-order chi connectivity index (χ0) is 17.1. The van der Waals surface area contributed by atoms with Crippen LogP contribution in [0.15, 0.2) is 29.0 Å². The minimum atomic E-state index is -2.71. The average molecular weight is 395 g/mol. The van der Waals surface area contributed by atoms with Crippen molar-refractivity contribution in [3.8, 4) is 6.07 Å². The molecule has 24 heavy (non-hydrogen) atoms. The fraction of sp³-hybridized carbons (Fsp3) is 0.438. The van der Waals surface area contributed by atoms with Crippen molar-refractivity contribution in [2.75, 3.05) is 11.4 Å². The van der Waals surface area contributed by atoms with Crippen molar-refractivity contribution in [3.63, 3.8) is 0 Å². The smallest absolute Gasteiger partial charge is 0.248 e. The van der Waals surface area contributed by atoms with Crippen LogP contribution in [-0.2, 0) is 4.79 Å². The highest BCUT2D eigenvalue weighted by Gasteiger charge is 2.65. The van der Waals surface area contributed by atoms with Crippen LogP contribution in [0.4, 0.5) is 14.5 Å². The van der Waals surface area contributed by atoms with E-state index in [0.717, 1.165) is 4.47 Å². The van der Waals surface area contributed by atoms with Gasteiger partial charge in [-0.25, -0.2) is 13.3 Å². The van der Waals surface area contributed by atoms with Crippen molar-refractivity contribution in [2.24, 2.45) is 17.3 Å². The number of carbonyl (C=O) groups excluding carboxylic acids is 1. The van der Waals surface area contributed by atoms with Crippen LogP contribution in [0.3, 0.4) is 0 Å². The summed E-state index contributed by atoms with van der Waals surface area (Å²) in [5.74, 6) is -2.05. The van der Waals surface area contributed by atoms with Crippen LogP contribution in [0.1, 0.15) is 12.8 Å². The monoisotopic (exact) mass is 394 g/mol. The second kappa shape index (κ2) is 5.24. The number of alkyl halides is 2. The minimum absolute atomic E-state index is 0.150. The zero-order valence-corrected chi connectivity index (χ0v) is 14.1. The molecule has 1 aliphatic heterocycles. The lowest BCUT2D eigenvalue weighted by molar-refractivity contribution is -0.127. The standard InChI is InChI=1S/C16H13BrF2N4O/c17-10-5-13-12(3-4-21-23(13)6-10)22-7-11(14(18)19)16(8-20,15(22)24)9-1-2-9/h3-6,9,11,14H,1-2,7H2. The first-order chi connectivity index (χ1) is 11.5. The molecular formula is C16H13BrF2N4O. The van der Waals surface area contributed by atoms with Gasteiger partial charge in [0.05, 0.1) is 23.2 Å². The lowest BCUT2D eigenvalue weighted by Gasteiger charge is -2.24. The molecule has 2 aromatic heterocycles. The van der Waals surface area contributed by atoms with E-state index in [-0.39, 0.29) is 12.5 Å². The van der Waals surface area contributed by atoms with Crippen LogP contribution in [0.25, 0.3) is 5.52 Å². The first kappa shape index (κ1) is 15.5. The molecule has 2 unspecified atom stereocenters. The summed E-state index contributed by atoms with van der Waals surface area (Å²) in [5, 5.41) is 13.8. The Balaban J connectivity index is 1.85. The van der Waals surface area contributed by atoms with Crippen molar-refractivity contribution in [1.82, 2.24) is 9.61 Å². The fourth-order valence-corrected chi connectivity index (χ4v) is 4.14. The average Bonchev–Trinajstić information content (AvgIpc) is 3.25. The molecule has 0 N–H and O–H groups in total. The lowest BCUT2D eigenvalue weighted by atomic mass is 9.74. The SMILES string of the molecule is N#CC1(C2CC2)C(=O)N(c2ccnn3cc(Br)cc23)CC1C(F)F. The Bertz CT molecular complexity index is 873. The number of hydrogen-bond donors (Lipinski definition) is 0. The number of amides is 1. The summed E-state index contributed by atoms with van der Waals surface area (Å²) in [6, 6.07) is 5.37. The number of hydrogen-bond acceptors (Lipinski definition) is 3. The van der Waals surface area contributed by atoms with Gasteiger partial charge in [-0.05, 0) is 46.8 Å². The second-order valence-corrected chi connectivity index (χ2v) is 7.23. The molecule has 1 aliphatic carbocycles. The van der Waals surface area contributed by atoms with Crippen LogP contribution >= 0.6 is 15.9 Å². The Morgan fingerprint density at radius 3 is 2.83 bits per heavy atom. The topological polar surface area (TPSA) is 61.4 Å². The number of carbonyl (C=O) groups is 1. The van der Waals surface area contributed by atoms with E-state index in [1.165, 1.54) is 11.1 Å². The van der Waals surface area contributed by atoms with Crippen molar-refractivity contribution >= 4 is 33.0 Å². The van der Waals surface area contributed by atoms with Crippen molar-refractivity contribution in [3.05, 3.63) is 29.0 Å². The number of nitrogens with zero attached hydrogens (tertiary/aromatic N) is 4. The Labute approximate surface area is 145 Å². The molecule has 5 nitrogen and oxygen atoms in total. The van der Waals surface area contributed by atoms with Crippen LogP contribution in [-0.4, -0.2) is 28.5 Å². The number of nitriles is 1. The van der Waals surface area contributed by atoms with E-state index < -0.39 is 23.7 Å². The van der Waals surface area contributed by atoms with E-state index in [1.54, 1.807) is 22.8 Å². The van der Waals surface area contributed by atoms with Gasteiger partial charge in [0.2, 0.25) is 12.3 Å². The molecular weight excluding hydrogens is 382 g/mol. The van der Waals surface area contributed by atoms with E-state index in [2.05, 4.69) is 21.0 Å². The molecule has 124 valence electrons. The maximum atomic E-state index is 13.6. The summed E-state index contributed by atoms with van der Waals surface area (Å²) in [6.45, 7) is -0.150. The molecule has 1 amide bonds. The van der Waals surface area contributed by atoms with Gasteiger partial charge in [0.15, 0.2) is 0 Å². The third-order valence-corrected chi connectivity index (χ3v) is 5.45. The molecule has 2 fully saturated rings. The van der Waals surface area contributed by atoms with Crippen LogP contribution in [0, 0.1) is 28.6 Å². The van der Waals surface area contributed by atoms with Crippen molar-refractivity contribution < 1.29 is 13.6 Å². The van der Waals surface area contributed by atoms with Gasteiger partial charge in [0, 0.05) is 23.4 Å². The second-order valence-electron chi connectivity index (χ2n) is 6.32. The summed E-state index contributed by atoms with van der Waals surface area (Å²) >= 11 is 3.35.